The van der Waals surface area contributed by atoms with E-state index in [9.17, 15) is 0 Å². The fourth-order valence-electron chi connectivity index (χ4n) is 13.2. The lowest BCUT2D eigenvalue weighted by Crippen LogP contribution is -2.55. The maximum Gasteiger partial charge on any atom is 0.113 e. The van der Waals surface area contributed by atoms with Gasteiger partial charge in [-0.05, 0) is 108 Å². The van der Waals surface area contributed by atoms with Crippen LogP contribution < -0.4 is 54.6 Å². The third-order valence-corrected chi connectivity index (χ3v) is 22.2. The van der Waals surface area contributed by atoms with Gasteiger partial charge in [0.05, 0.1) is 27.8 Å². The maximum atomic E-state index is 7.36. The van der Waals surface area contributed by atoms with Gasteiger partial charge in [0.1, 0.15) is 78.5 Å². The summed E-state index contributed by atoms with van der Waals surface area (Å²) in [6, 6.07) is 81.3. The summed E-state index contributed by atoms with van der Waals surface area (Å²) in [6.07, 6.45) is 0. The van der Waals surface area contributed by atoms with Gasteiger partial charge in [-0.3, -0.25) is 0 Å². The first-order valence-corrected chi connectivity index (χ1v) is 30.5. The molecule has 0 saturated heterocycles. The third kappa shape index (κ3) is 7.95. The smallest absolute Gasteiger partial charge is 0.113 e. The van der Waals surface area contributed by atoms with Crippen LogP contribution in [0.25, 0.3) is 109 Å². The second-order valence-electron chi connectivity index (χ2n) is 21.7. The van der Waals surface area contributed by atoms with Gasteiger partial charge in [0.25, 0.3) is 0 Å². The van der Waals surface area contributed by atoms with Crippen molar-refractivity contribution in [3.05, 3.63) is 231 Å². The van der Waals surface area contributed by atoms with Gasteiger partial charge in [-0.2, -0.15) is 0 Å². The van der Waals surface area contributed by atoms with Gasteiger partial charge in [0, 0.05) is 83.7 Å². The molecule has 15 aromatic rings. The molecular formula is C72H38B10N2S2. The van der Waals surface area contributed by atoms with Crippen molar-refractivity contribution in [3.63, 3.8) is 0 Å². The van der Waals surface area contributed by atoms with Crippen molar-refractivity contribution >= 4 is 218 Å². The molecule has 0 aliphatic carbocycles. The molecule has 14 heteroatoms. The number of rotatable bonds is 9. The van der Waals surface area contributed by atoms with Gasteiger partial charge >= 0.3 is 0 Å². The number of hydrogen-bond acceptors (Lipinski definition) is 1. The molecule has 0 aliphatic heterocycles. The van der Waals surface area contributed by atoms with E-state index in [-0.39, 0.29) is 54.6 Å². The van der Waals surface area contributed by atoms with E-state index in [1.54, 1.807) is 0 Å². The van der Waals surface area contributed by atoms with Crippen molar-refractivity contribution < 1.29 is 0 Å². The largest absolute Gasteiger partial charge is 0.309 e. The van der Waals surface area contributed by atoms with Gasteiger partial charge in [0.2, 0.25) is 0 Å². The molecule has 15 rings (SSSR count). The molecule has 2 nitrogen and oxygen atoms in total. The van der Waals surface area contributed by atoms with Crippen molar-refractivity contribution in [2.24, 2.45) is 0 Å². The van der Waals surface area contributed by atoms with Crippen LogP contribution in [-0.2, 0) is 0 Å². The molecule has 0 bridgehead atoms. The minimum atomic E-state index is -2.51. The highest BCUT2D eigenvalue weighted by molar-refractivity contribution is 8.34. The van der Waals surface area contributed by atoms with Crippen LogP contribution >= 0.6 is 21.4 Å². The molecule has 0 saturated carbocycles. The Morgan fingerprint density at radius 1 is 0.279 bits per heavy atom. The van der Waals surface area contributed by atoms with Crippen LogP contribution in [0.3, 0.4) is 0 Å². The zero-order chi connectivity index (χ0) is 58.9. The first-order chi connectivity index (χ1) is 41.9. The Hall–Kier alpha value is -8.54. The van der Waals surface area contributed by atoms with Crippen LogP contribution in [0.1, 0.15) is 0 Å². The number of benzene rings is 12. The van der Waals surface area contributed by atoms with Gasteiger partial charge < -0.3 is 9.13 Å². The molecule has 0 amide bonds. The van der Waals surface area contributed by atoms with E-state index in [1.807, 2.05) is 35.6 Å². The molecule has 0 spiro atoms. The Morgan fingerprint density at radius 3 is 1.23 bits per heavy atom. The van der Waals surface area contributed by atoms with E-state index in [1.165, 1.54) is 25.7 Å². The highest BCUT2D eigenvalue weighted by atomic mass is 32.3. The first kappa shape index (κ1) is 54.1. The lowest BCUT2D eigenvalue weighted by molar-refractivity contribution is 1.16. The van der Waals surface area contributed by atoms with E-state index in [4.69, 9.17) is 78.5 Å². The normalized spacial score (nSPS) is 12.1. The molecule has 0 aliphatic rings. The summed E-state index contributed by atoms with van der Waals surface area (Å²) >= 11 is 1.82. The van der Waals surface area contributed by atoms with E-state index in [0.29, 0.717) is 27.9 Å². The van der Waals surface area contributed by atoms with Crippen molar-refractivity contribution in [1.82, 2.24) is 9.13 Å². The minimum absolute atomic E-state index is 0.0741. The summed E-state index contributed by atoms with van der Waals surface area (Å²) in [5, 5.41) is 6.64. The average molecular weight is 1100 g/mol. The SMILES string of the molecule is [B]c1c([B])c([B])c(-c2cc(S(c3ccccc3)(c3ccccc3)c3ccccc3)cc(-c3c([B])c([B])c([B])c([B])c3[B])c2-n2c3ccccc3c3cc(-n4c5ccccc5c5cccc(-c6cccc7sc8ccccc8c67)c54)ccc32)c([B])c1[B]. The summed E-state index contributed by atoms with van der Waals surface area (Å²) in [7, 11) is 68.1. The monoisotopic (exact) mass is 1100 g/mol. The topological polar surface area (TPSA) is 9.86 Å². The summed E-state index contributed by atoms with van der Waals surface area (Å²) in [5.74, 6) is 0. The van der Waals surface area contributed by atoms with Crippen molar-refractivity contribution in [1.29, 1.82) is 0 Å². The summed E-state index contributed by atoms with van der Waals surface area (Å²) in [4.78, 5) is 3.96. The first-order valence-electron chi connectivity index (χ1n) is 28.0. The summed E-state index contributed by atoms with van der Waals surface area (Å²) in [6.45, 7) is 0. The van der Waals surface area contributed by atoms with Crippen LogP contribution in [0, 0.1) is 0 Å². The third-order valence-electron chi connectivity index (χ3n) is 17.2. The van der Waals surface area contributed by atoms with Crippen molar-refractivity contribution in [2.75, 3.05) is 0 Å². The van der Waals surface area contributed by atoms with Crippen LogP contribution in [-0.4, -0.2) is 87.6 Å². The van der Waals surface area contributed by atoms with Crippen molar-refractivity contribution in [3.8, 4) is 44.8 Å². The van der Waals surface area contributed by atoms with Crippen LogP contribution in [0.15, 0.2) is 250 Å². The Kier molecular flexibility index (Phi) is 13.1. The lowest BCUT2D eigenvalue weighted by atomic mass is 9.58. The molecule has 20 radical (unpaired) electrons. The second kappa shape index (κ2) is 20.9. The van der Waals surface area contributed by atoms with Gasteiger partial charge in [-0.15, -0.1) is 54.1 Å². The molecule has 3 aromatic heterocycles. The van der Waals surface area contributed by atoms with Gasteiger partial charge in [-0.1, -0.05) is 161 Å². The predicted octanol–water partition coefficient (Wildman–Crippen LogP) is 8.53. The van der Waals surface area contributed by atoms with Gasteiger partial charge in [-0.25, -0.2) is 0 Å². The zero-order valence-corrected chi connectivity index (χ0v) is 48.1. The number of hydrogen-bond donors (Lipinski definition) is 0. The molecule has 0 N–H and O–H groups in total. The van der Waals surface area contributed by atoms with Crippen LogP contribution in [0.4, 0.5) is 0 Å². The lowest BCUT2D eigenvalue weighted by Gasteiger charge is -2.43. The molecule has 3 heterocycles. The number of para-hydroxylation sites is 3. The number of thiophene rings is 1. The Balaban J connectivity index is 1.11. The highest BCUT2D eigenvalue weighted by Crippen LogP contribution is 2.74. The summed E-state index contributed by atoms with van der Waals surface area (Å²) < 4.78 is 7.11. The maximum absolute atomic E-state index is 7.36. The zero-order valence-electron chi connectivity index (χ0n) is 46.4. The minimum Gasteiger partial charge on any atom is -0.309 e. The predicted molar refractivity (Wildman–Crippen MR) is 378 cm³/mol. The molecule has 0 fully saturated rings. The fraction of sp³-hybridized carbons (Fsp3) is 0. The number of aromatic nitrogens is 2. The Labute approximate surface area is 518 Å². The van der Waals surface area contributed by atoms with E-state index in [0.717, 1.165) is 74.4 Å². The molecular weight excluding hydrogens is 1070 g/mol. The molecule has 0 unspecified atom stereocenters. The highest BCUT2D eigenvalue weighted by Gasteiger charge is 2.37. The average Bonchev–Trinajstić information content (AvgIpc) is 1.24. The molecule has 0 atom stereocenters. The molecule has 378 valence electrons. The Morgan fingerprint density at radius 2 is 0.686 bits per heavy atom. The van der Waals surface area contributed by atoms with Crippen LogP contribution in [0.5, 0.6) is 0 Å². The van der Waals surface area contributed by atoms with Gasteiger partial charge in [0.15, 0.2) is 0 Å². The quantitative estimate of drug-likeness (QED) is 0.129. The second-order valence-corrected chi connectivity index (χ2v) is 25.9. The van der Waals surface area contributed by atoms with E-state index < -0.39 is 10.0 Å². The van der Waals surface area contributed by atoms with Crippen molar-refractivity contribution in [2.45, 2.75) is 19.6 Å². The Bertz CT molecular complexity index is 5060. The summed E-state index contributed by atoms with van der Waals surface area (Å²) in [5.41, 5.74) is 10.5. The standard InChI is InChI=1S/C72H38B10N2S2/c73-61-59(62(74)66(78)69(81)65(61)77)51-37-43(86(40-18-4-1-5-19-40,41-20-6-2-7-21-41)42-22-8-3-9-23-42)38-52(60-63(75)67(79)70(82)68(80)64(60)76)72(51)84-54-31-14-11-25-45(54)50-36-39(34-35-55(50)84)83-53-30-13-10-24-44(53)47-28-16-29-48(71(47)83)46-27-17-33-57-58(46)49-26-12-15-32-56(49)85-57/h1-38H. The molecule has 12 aromatic carbocycles. The number of fused-ring (bicyclic) bond motifs is 9. The van der Waals surface area contributed by atoms with E-state index in [2.05, 4.69) is 215 Å². The number of nitrogens with zero attached hydrogens (tertiary/aromatic N) is 2. The van der Waals surface area contributed by atoms with E-state index >= 15 is 0 Å². The van der Waals surface area contributed by atoms with Crippen LogP contribution in [0.2, 0.25) is 0 Å². The fourth-order valence-corrected chi connectivity index (χ4v) is 18.3. The molecule has 86 heavy (non-hydrogen) atoms.